The Morgan fingerprint density at radius 2 is 1.36 bits per heavy atom. The van der Waals surface area contributed by atoms with Gasteiger partial charge in [0.15, 0.2) is 6.23 Å². The van der Waals surface area contributed by atoms with Crippen molar-refractivity contribution in [3.05, 3.63) is 29.8 Å². The highest BCUT2D eigenvalue weighted by molar-refractivity contribution is 5.98. The normalized spacial score (nSPS) is 27.9. The second-order valence-corrected chi connectivity index (χ2v) is 22.9. The molecule has 19 N–H and O–H groups in total. The predicted molar refractivity (Wildman–Crippen MR) is 302 cm³/mol. The first-order chi connectivity index (χ1) is 39.7. The number of unbranched alkanes of at least 4 members (excludes halogenated alkanes) is 5. The van der Waals surface area contributed by atoms with Crippen molar-refractivity contribution >= 4 is 47.3 Å². The van der Waals surface area contributed by atoms with Gasteiger partial charge in [0.1, 0.15) is 66.4 Å². The molecule has 1 aromatic rings. The molecule has 0 aromatic heterocycles. The average Bonchev–Trinajstić information content (AvgIpc) is 2.60. The molecule has 84 heavy (non-hydrogen) atoms. The van der Waals surface area contributed by atoms with Gasteiger partial charge in [-0.2, -0.15) is 0 Å². The smallest absolute Gasteiger partial charge is 0.248 e. The van der Waals surface area contributed by atoms with Crippen molar-refractivity contribution in [2.45, 2.75) is 222 Å². The number of benzene rings is 1. The van der Waals surface area contributed by atoms with Gasteiger partial charge < -0.3 is 104 Å². The number of amides is 8. The van der Waals surface area contributed by atoms with Crippen molar-refractivity contribution in [2.24, 2.45) is 23.3 Å². The van der Waals surface area contributed by atoms with Crippen molar-refractivity contribution in [3.63, 3.8) is 0 Å². The quantitative estimate of drug-likeness (QED) is 0.0393. The van der Waals surface area contributed by atoms with Crippen molar-refractivity contribution in [3.8, 4) is 5.75 Å². The minimum Gasteiger partial charge on any atom is -0.508 e. The highest BCUT2D eigenvalue weighted by Crippen LogP contribution is 2.27. The standard InChI is InChI=1S/C56H94N10O18/c1-6-29(2)25-30(3)13-11-9-7-8-10-12-14-41(74)60-36-27-40(73)54(84-24-21-57)64-53(81)46-39(72)20-23-65(46)56(83)44(38(71)19-22-59-51(79)42(58)31(4)67)62-52(80)45(48(76)47(75)33-15-17-34(69)18-16-33)63-50(78)37-26-35(70)28-66(37)55(82)43(32(5)68)61-49(36)77/h15-18,29-32,35-40,42-48,54,67-73,75-76H,6-14,19-28,57-58H2,1-5H3,(H,59,79)(H,60,74)(H,61,77)(H,62,80)(H,63,78)(H,64,81). The Morgan fingerprint density at radius 1 is 0.738 bits per heavy atom. The van der Waals surface area contributed by atoms with E-state index in [1.54, 1.807) is 0 Å². The number of nitrogens with zero attached hydrogens (tertiary/aromatic N) is 2. The third kappa shape index (κ3) is 20.8. The highest BCUT2D eigenvalue weighted by Gasteiger charge is 2.49. The first-order valence-corrected chi connectivity index (χ1v) is 29.4. The maximum absolute atomic E-state index is 14.9. The molecule has 0 aliphatic carbocycles. The van der Waals surface area contributed by atoms with E-state index in [1.165, 1.54) is 25.5 Å². The van der Waals surface area contributed by atoms with E-state index in [0.717, 1.165) is 67.4 Å². The Balaban J connectivity index is 1.77. The number of aliphatic hydroxyl groups excluding tert-OH is 8. The SMILES string of the molecule is CCC(C)CC(C)CCCCCCCCC(=O)NC1CC(O)C(OCCN)NC(=O)C2C(O)CCN2C(=O)C(C(O)CCNC(=O)C(N)C(C)O)NC(=O)C(C(O)C(O)c2ccc(O)cc2)NC(=O)C2CC(O)CN2C(=O)C(C(C)O)NC1=O. The molecule has 18 unspecified atom stereocenters. The maximum Gasteiger partial charge on any atom is 0.248 e. The molecule has 3 aliphatic heterocycles. The van der Waals surface area contributed by atoms with Gasteiger partial charge in [-0.25, -0.2) is 0 Å². The van der Waals surface area contributed by atoms with Crippen LogP contribution in [0.2, 0.25) is 0 Å². The number of fused-ring (bicyclic) bond motifs is 2. The van der Waals surface area contributed by atoms with Gasteiger partial charge in [0.25, 0.3) is 0 Å². The summed E-state index contributed by atoms with van der Waals surface area (Å²) in [7, 11) is 0. The molecule has 0 saturated carbocycles. The zero-order valence-electron chi connectivity index (χ0n) is 48.9. The maximum atomic E-state index is 14.9. The first kappa shape index (κ1) is 70.8. The van der Waals surface area contributed by atoms with E-state index in [2.05, 4.69) is 52.7 Å². The fraction of sp³-hybridized carbons (Fsp3) is 0.750. The van der Waals surface area contributed by atoms with Crippen LogP contribution in [0.1, 0.15) is 136 Å². The third-order valence-corrected chi connectivity index (χ3v) is 15.8. The van der Waals surface area contributed by atoms with Crippen LogP contribution >= 0.6 is 0 Å². The molecule has 1 aromatic carbocycles. The molecule has 3 heterocycles. The summed E-state index contributed by atoms with van der Waals surface area (Å²) in [6.07, 6.45) is -10.1. The van der Waals surface area contributed by atoms with E-state index in [4.69, 9.17) is 16.2 Å². The number of carbonyl (C=O) groups excluding carboxylic acids is 8. The number of rotatable bonds is 26. The summed E-state index contributed by atoms with van der Waals surface area (Å²) in [5.41, 5.74) is 11.4. The molecule has 3 aliphatic rings. The summed E-state index contributed by atoms with van der Waals surface area (Å²) in [5.74, 6) is -7.95. The van der Waals surface area contributed by atoms with E-state index < -0.39 is 184 Å². The van der Waals surface area contributed by atoms with Crippen molar-refractivity contribution < 1.29 is 89.1 Å². The lowest BCUT2D eigenvalue weighted by Crippen LogP contribution is -2.64. The summed E-state index contributed by atoms with van der Waals surface area (Å²) in [6, 6.07) is -8.59. The van der Waals surface area contributed by atoms with Crippen LogP contribution < -0.4 is 43.4 Å². The lowest BCUT2D eigenvalue weighted by molar-refractivity contribution is -0.150. The van der Waals surface area contributed by atoms with Gasteiger partial charge in [-0.15, -0.1) is 0 Å². The van der Waals surface area contributed by atoms with Crippen LogP contribution in [0.5, 0.6) is 5.75 Å². The Labute approximate surface area is 490 Å². The monoisotopic (exact) mass is 1190 g/mol. The third-order valence-electron chi connectivity index (χ3n) is 15.8. The molecule has 0 spiro atoms. The largest absolute Gasteiger partial charge is 0.508 e. The predicted octanol–water partition coefficient (Wildman–Crippen LogP) is -4.02. The number of phenols is 1. The summed E-state index contributed by atoms with van der Waals surface area (Å²) in [6.45, 7) is 7.11. The summed E-state index contributed by atoms with van der Waals surface area (Å²) < 4.78 is 5.75. The molecule has 4 rings (SSSR count). The van der Waals surface area contributed by atoms with Crippen molar-refractivity contribution in [1.29, 1.82) is 0 Å². The molecule has 3 fully saturated rings. The van der Waals surface area contributed by atoms with Gasteiger partial charge in [-0.05, 0) is 69.1 Å². The van der Waals surface area contributed by atoms with Crippen LogP contribution in [-0.2, 0) is 43.1 Å². The molecular formula is C56H94N10O18. The lowest BCUT2D eigenvalue weighted by Gasteiger charge is -2.35. The second-order valence-electron chi connectivity index (χ2n) is 22.9. The Kier molecular flexibility index (Phi) is 29.1. The molecule has 476 valence electrons. The van der Waals surface area contributed by atoms with Crippen LogP contribution in [0.4, 0.5) is 0 Å². The number of hydrogen-bond acceptors (Lipinski definition) is 20. The van der Waals surface area contributed by atoms with E-state index in [-0.39, 0.29) is 37.3 Å². The zero-order valence-corrected chi connectivity index (χ0v) is 48.9. The summed E-state index contributed by atoms with van der Waals surface area (Å²) in [5, 5.41) is 115. The number of aromatic hydroxyl groups is 1. The minimum absolute atomic E-state index is 0.0686. The van der Waals surface area contributed by atoms with E-state index in [1.807, 2.05) is 0 Å². The molecule has 28 nitrogen and oxygen atoms in total. The highest BCUT2D eigenvalue weighted by atomic mass is 16.5. The number of nitrogens with two attached hydrogens (primary N) is 2. The number of phenolic OH excluding ortho intramolecular Hbond substituents is 1. The van der Waals surface area contributed by atoms with E-state index in [0.29, 0.717) is 24.7 Å². The number of nitrogens with one attached hydrogen (secondary N) is 6. The van der Waals surface area contributed by atoms with E-state index >= 15 is 0 Å². The zero-order chi connectivity index (χ0) is 62.5. The van der Waals surface area contributed by atoms with Gasteiger partial charge in [-0.3, -0.25) is 38.4 Å². The van der Waals surface area contributed by atoms with Crippen molar-refractivity contribution in [2.75, 3.05) is 32.8 Å². The van der Waals surface area contributed by atoms with E-state index in [9.17, 15) is 84.3 Å². The topological polar surface area (TPSA) is 459 Å². The molecule has 18 atom stereocenters. The van der Waals surface area contributed by atoms with Crippen LogP contribution in [0.25, 0.3) is 0 Å². The van der Waals surface area contributed by atoms with Crippen LogP contribution in [0.3, 0.4) is 0 Å². The Morgan fingerprint density at radius 3 is 1.99 bits per heavy atom. The second kappa shape index (κ2) is 34.5. The minimum atomic E-state index is -2.37. The number of hydrogen-bond donors (Lipinski definition) is 17. The summed E-state index contributed by atoms with van der Waals surface area (Å²) in [4.78, 5) is 116. The fourth-order valence-electron chi connectivity index (χ4n) is 10.7. The molecule has 28 heteroatoms. The van der Waals surface area contributed by atoms with Crippen LogP contribution in [-0.4, -0.2) is 227 Å². The molecule has 0 radical (unpaired) electrons. The van der Waals surface area contributed by atoms with Crippen molar-refractivity contribution in [1.82, 2.24) is 41.7 Å². The molecule has 0 bridgehead atoms. The Hall–Kier alpha value is -5.66. The van der Waals surface area contributed by atoms with Gasteiger partial charge in [0.05, 0.1) is 37.1 Å². The van der Waals surface area contributed by atoms with Gasteiger partial charge in [0, 0.05) is 45.4 Å². The van der Waals surface area contributed by atoms with Crippen LogP contribution in [0.15, 0.2) is 24.3 Å². The van der Waals surface area contributed by atoms with Gasteiger partial charge >= 0.3 is 0 Å². The molecule has 8 amide bonds. The average molecular weight is 1200 g/mol. The molecular weight excluding hydrogens is 1100 g/mol. The molecule has 3 saturated heterocycles. The fourth-order valence-corrected chi connectivity index (χ4v) is 10.7. The lowest BCUT2D eigenvalue weighted by atomic mass is 9.91. The number of carbonyl (C=O) groups is 8. The van der Waals surface area contributed by atoms with Gasteiger partial charge in [-0.1, -0.05) is 77.8 Å². The number of aliphatic hydroxyl groups is 8. The summed E-state index contributed by atoms with van der Waals surface area (Å²) >= 11 is 0. The van der Waals surface area contributed by atoms with Crippen LogP contribution in [0, 0.1) is 11.8 Å². The van der Waals surface area contributed by atoms with Gasteiger partial charge in [0.2, 0.25) is 47.3 Å². The number of ether oxygens (including phenoxy) is 1. The Bertz CT molecular complexity index is 2300. The first-order valence-electron chi connectivity index (χ1n) is 29.4.